The predicted molar refractivity (Wildman–Crippen MR) is 76.5 cm³/mol. The molecule has 0 atom stereocenters. The van der Waals surface area contributed by atoms with Crippen LogP contribution < -0.4 is 0 Å². The summed E-state index contributed by atoms with van der Waals surface area (Å²) in [6, 6.07) is 12.0. The van der Waals surface area contributed by atoms with Crippen molar-refractivity contribution < 1.29 is 0 Å². The van der Waals surface area contributed by atoms with Gasteiger partial charge >= 0.3 is 0 Å². The minimum Gasteiger partial charge on any atom is -0.0683 e. The van der Waals surface area contributed by atoms with Gasteiger partial charge in [0.25, 0.3) is 0 Å². The van der Waals surface area contributed by atoms with Crippen molar-refractivity contribution in [1.82, 2.24) is 0 Å². The van der Waals surface area contributed by atoms with Crippen molar-refractivity contribution >= 4 is 0 Å². The molecule has 0 heterocycles. The van der Waals surface area contributed by atoms with Crippen molar-refractivity contribution in [2.24, 2.45) is 0 Å². The van der Waals surface area contributed by atoms with Crippen LogP contribution in [0, 0.1) is 0 Å². The largest absolute Gasteiger partial charge is 0.0683 e. The molecule has 1 aromatic rings. The Morgan fingerprint density at radius 3 is 0.600 bits per heavy atom. The van der Waals surface area contributed by atoms with E-state index in [4.69, 9.17) is 0 Å². The molecular weight excluding hydrogens is 180 g/mol. The van der Waals surface area contributed by atoms with Gasteiger partial charge < -0.3 is 0 Å². The van der Waals surface area contributed by atoms with Crippen LogP contribution in [-0.4, -0.2) is 0 Å². The fourth-order valence-corrected chi connectivity index (χ4v) is 0.385. The van der Waals surface area contributed by atoms with Gasteiger partial charge in [-0.15, -0.1) is 0 Å². The van der Waals surface area contributed by atoms with Gasteiger partial charge in [-0.3, -0.25) is 0 Å². The molecule has 0 fully saturated rings. The summed E-state index contributed by atoms with van der Waals surface area (Å²) in [7, 11) is 0. The molecule has 92 valence electrons. The summed E-state index contributed by atoms with van der Waals surface area (Å²) >= 11 is 0. The van der Waals surface area contributed by atoms with Crippen LogP contribution in [0.3, 0.4) is 0 Å². The Morgan fingerprint density at radius 1 is 0.467 bits per heavy atom. The first kappa shape index (κ1) is 23.8. The summed E-state index contributed by atoms with van der Waals surface area (Å²) in [6.45, 7) is 16.2. The van der Waals surface area contributed by atoms with E-state index in [-0.39, 0.29) is 0 Å². The third kappa shape index (κ3) is 61.1. The number of benzene rings is 1. The maximum absolute atomic E-state index is 2.12. The third-order valence-electron chi connectivity index (χ3n) is 0.667. The quantitative estimate of drug-likeness (QED) is 0.481. The van der Waals surface area contributed by atoms with E-state index in [2.05, 4.69) is 13.8 Å². The van der Waals surface area contributed by atoms with E-state index in [9.17, 15) is 0 Å². The fourth-order valence-electron chi connectivity index (χ4n) is 0.385. The molecule has 0 radical (unpaired) electrons. The maximum Gasteiger partial charge on any atom is -0.0590 e. The van der Waals surface area contributed by atoms with Gasteiger partial charge in [-0.2, -0.15) is 0 Å². The van der Waals surface area contributed by atoms with Gasteiger partial charge in [0, 0.05) is 0 Å². The first-order chi connectivity index (χ1) is 7.41. The molecule has 0 bridgehead atoms. The average molecular weight is 212 g/mol. The molecule has 0 amide bonds. The zero-order valence-corrected chi connectivity index (χ0v) is 12.2. The van der Waals surface area contributed by atoms with E-state index in [1.807, 2.05) is 77.9 Å². The Morgan fingerprint density at radius 2 is 0.533 bits per heavy atom. The van der Waals surface area contributed by atoms with E-state index in [1.54, 1.807) is 0 Å². The van der Waals surface area contributed by atoms with E-state index >= 15 is 0 Å². The highest BCUT2D eigenvalue weighted by Gasteiger charge is 1.57. The Labute approximate surface area is 98.7 Å². The van der Waals surface area contributed by atoms with Crippen LogP contribution in [0.1, 0.15) is 61.8 Å². The maximum atomic E-state index is 2.12. The van der Waals surface area contributed by atoms with E-state index in [0.29, 0.717) is 0 Å². The van der Waals surface area contributed by atoms with Crippen molar-refractivity contribution in [2.75, 3.05) is 0 Å². The molecule has 0 aromatic heterocycles. The average Bonchev–Trinajstić information content (AvgIpc) is 2.40. The van der Waals surface area contributed by atoms with Gasteiger partial charge in [0.15, 0.2) is 0 Å². The molecule has 1 rings (SSSR count). The molecule has 1 aromatic carbocycles. The molecule has 0 saturated heterocycles. The first-order valence-corrected chi connectivity index (χ1v) is 6.41. The van der Waals surface area contributed by atoms with Gasteiger partial charge in [-0.1, -0.05) is 98.2 Å². The summed E-state index contributed by atoms with van der Waals surface area (Å²) in [4.78, 5) is 0. The predicted octanol–water partition coefficient (Wildman–Crippen LogP) is 6.18. The van der Waals surface area contributed by atoms with Crippen LogP contribution in [0.15, 0.2) is 36.4 Å². The summed E-state index contributed by atoms with van der Waals surface area (Å²) in [5.74, 6) is 0. The van der Waals surface area contributed by atoms with Gasteiger partial charge in [0.1, 0.15) is 0 Å². The summed E-state index contributed by atoms with van der Waals surface area (Å²) in [6.07, 6.45) is 1.25. The van der Waals surface area contributed by atoms with Crippen molar-refractivity contribution in [3.8, 4) is 0 Å². The lowest BCUT2D eigenvalue weighted by atomic mass is 10.4. The second kappa shape index (κ2) is 51.0. The zero-order valence-electron chi connectivity index (χ0n) is 12.2. The highest BCUT2D eigenvalue weighted by atomic mass is 13.6. The molecule has 0 unspecified atom stereocenters. The van der Waals surface area contributed by atoms with Crippen LogP contribution in [0.4, 0.5) is 0 Å². The van der Waals surface area contributed by atoms with Crippen molar-refractivity contribution in [3.05, 3.63) is 36.4 Å². The minimum atomic E-state index is 1.25. The van der Waals surface area contributed by atoms with E-state index in [1.165, 1.54) is 6.42 Å². The summed E-state index contributed by atoms with van der Waals surface area (Å²) < 4.78 is 0. The highest BCUT2D eigenvalue weighted by Crippen LogP contribution is 1.79. The molecule has 0 aliphatic rings. The minimum absolute atomic E-state index is 1.25. The van der Waals surface area contributed by atoms with Crippen LogP contribution in [-0.2, 0) is 0 Å². The number of hydrogen-bond acceptors (Lipinski definition) is 0. The number of hydrogen-bond donors (Lipinski definition) is 0. The first-order valence-electron chi connectivity index (χ1n) is 6.41. The standard InChI is InChI=1S/C6H6.C3H8.3C2H6/c1-2-4-6-5-3-1;1-3-2;3*1-2/h1-6H;3H2,1-2H3;3*1-2H3. The smallest absolute Gasteiger partial charge is 0.0590 e. The Bertz CT molecular complexity index is 82.9. The van der Waals surface area contributed by atoms with Crippen LogP contribution in [0.2, 0.25) is 0 Å². The van der Waals surface area contributed by atoms with Crippen LogP contribution in [0.25, 0.3) is 0 Å². The van der Waals surface area contributed by atoms with Gasteiger partial charge in [0.05, 0.1) is 0 Å². The fraction of sp³-hybridized carbons (Fsp3) is 0.600. The molecule has 0 N–H and O–H groups in total. The Balaban J connectivity index is -0.0000000585. The number of rotatable bonds is 0. The van der Waals surface area contributed by atoms with Crippen LogP contribution in [0.5, 0.6) is 0 Å². The summed E-state index contributed by atoms with van der Waals surface area (Å²) in [5, 5.41) is 0. The Kier molecular flexibility index (Phi) is 80.9. The summed E-state index contributed by atoms with van der Waals surface area (Å²) in [5.41, 5.74) is 0. The molecule has 0 heteroatoms. The van der Waals surface area contributed by atoms with Crippen molar-refractivity contribution in [1.29, 1.82) is 0 Å². The van der Waals surface area contributed by atoms with Crippen LogP contribution >= 0.6 is 0 Å². The van der Waals surface area contributed by atoms with Crippen molar-refractivity contribution in [2.45, 2.75) is 61.8 Å². The van der Waals surface area contributed by atoms with E-state index < -0.39 is 0 Å². The lowest BCUT2D eigenvalue weighted by molar-refractivity contribution is 1.09. The lowest BCUT2D eigenvalue weighted by Gasteiger charge is -1.69. The van der Waals surface area contributed by atoms with Gasteiger partial charge in [-0.25, -0.2) is 0 Å². The molecule has 0 nitrogen and oxygen atoms in total. The monoisotopic (exact) mass is 212 g/mol. The molecule has 15 heavy (non-hydrogen) atoms. The SMILES string of the molecule is CC.CC.CC.CCC.c1ccccc1. The van der Waals surface area contributed by atoms with E-state index in [0.717, 1.165) is 0 Å². The molecular formula is C15H32. The molecule has 0 saturated carbocycles. The highest BCUT2D eigenvalue weighted by molar-refractivity contribution is 4.99. The topological polar surface area (TPSA) is 0 Å². The third-order valence-corrected chi connectivity index (χ3v) is 0.667. The molecule has 0 spiro atoms. The molecule has 0 aliphatic heterocycles. The lowest BCUT2D eigenvalue weighted by Crippen LogP contribution is -1.47. The van der Waals surface area contributed by atoms with Gasteiger partial charge in [0.2, 0.25) is 0 Å². The van der Waals surface area contributed by atoms with Crippen molar-refractivity contribution in [3.63, 3.8) is 0 Å². The molecule has 0 aliphatic carbocycles. The second-order valence-electron chi connectivity index (χ2n) is 1.86. The normalized spacial score (nSPS) is 5.60. The van der Waals surface area contributed by atoms with Gasteiger partial charge in [-0.05, 0) is 0 Å². The second-order valence-corrected chi connectivity index (χ2v) is 1.86. The zero-order chi connectivity index (χ0) is 12.9. The Hall–Kier alpha value is -0.780.